The van der Waals surface area contributed by atoms with Gasteiger partial charge in [0.15, 0.2) is 5.78 Å². The van der Waals surface area contributed by atoms with Gasteiger partial charge in [0, 0.05) is 32.4 Å². The lowest BCUT2D eigenvalue weighted by molar-refractivity contribution is 0.0558. The van der Waals surface area contributed by atoms with Gasteiger partial charge >= 0.3 is 0 Å². The Bertz CT molecular complexity index is 552. The molecule has 134 valence electrons. The fourth-order valence-corrected chi connectivity index (χ4v) is 2.98. The van der Waals surface area contributed by atoms with E-state index in [1.54, 1.807) is 6.07 Å². The molecule has 1 aliphatic rings. The molecular formula is C19H30N2O3. The third kappa shape index (κ3) is 5.21. The number of Topliss-reactive ketones (excluding diaryl/α,β-unsaturated/α-hetero) is 1. The molecule has 0 amide bonds. The van der Waals surface area contributed by atoms with Gasteiger partial charge in [0.1, 0.15) is 18.5 Å². The number of likely N-dealkylation sites (tertiary alicyclic amines) is 1. The Kier molecular flexibility index (Phi) is 6.63. The molecule has 1 atom stereocenters. The van der Waals surface area contributed by atoms with E-state index in [0.717, 1.165) is 24.7 Å². The lowest BCUT2D eigenvalue weighted by Crippen LogP contribution is -2.40. The Morgan fingerprint density at radius 2 is 2.04 bits per heavy atom. The Morgan fingerprint density at radius 1 is 1.38 bits per heavy atom. The van der Waals surface area contributed by atoms with E-state index in [1.165, 1.54) is 19.8 Å². The van der Waals surface area contributed by atoms with Gasteiger partial charge in [-0.3, -0.25) is 4.79 Å². The summed E-state index contributed by atoms with van der Waals surface area (Å²) in [5.74, 6) is 1.29. The predicted octanol–water partition coefficient (Wildman–Crippen LogP) is 2.43. The van der Waals surface area contributed by atoms with E-state index in [1.807, 2.05) is 31.1 Å². The van der Waals surface area contributed by atoms with Gasteiger partial charge in [0.25, 0.3) is 0 Å². The van der Waals surface area contributed by atoms with Gasteiger partial charge in [-0.1, -0.05) is 6.92 Å². The van der Waals surface area contributed by atoms with Crippen LogP contribution in [0.15, 0.2) is 18.2 Å². The number of benzene rings is 1. The highest BCUT2D eigenvalue weighted by atomic mass is 16.5. The molecule has 0 radical (unpaired) electrons. The molecule has 1 aromatic rings. The number of ketones is 1. The molecule has 1 fully saturated rings. The quantitative estimate of drug-likeness (QED) is 0.776. The van der Waals surface area contributed by atoms with Crippen LogP contribution >= 0.6 is 0 Å². The van der Waals surface area contributed by atoms with Crippen LogP contribution < -0.4 is 9.64 Å². The predicted molar refractivity (Wildman–Crippen MR) is 97.1 cm³/mol. The number of β-amino-alcohol motifs (C(OH)–C–C–N with tert-alkyl or cyclic N) is 1. The summed E-state index contributed by atoms with van der Waals surface area (Å²) in [6, 6.07) is 5.53. The second-order valence-electron chi connectivity index (χ2n) is 7.08. The monoisotopic (exact) mass is 334 g/mol. The van der Waals surface area contributed by atoms with Crippen LogP contribution in [0.5, 0.6) is 5.75 Å². The van der Waals surface area contributed by atoms with Gasteiger partial charge in [0.2, 0.25) is 0 Å². The zero-order chi connectivity index (χ0) is 17.7. The van der Waals surface area contributed by atoms with Gasteiger partial charge in [-0.25, -0.2) is 0 Å². The molecule has 0 spiro atoms. The first-order chi connectivity index (χ1) is 11.4. The van der Waals surface area contributed by atoms with E-state index in [-0.39, 0.29) is 12.4 Å². The average molecular weight is 334 g/mol. The summed E-state index contributed by atoms with van der Waals surface area (Å²) in [5, 5.41) is 10.3. The first-order valence-electron chi connectivity index (χ1n) is 8.72. The number of carbonyl (C=O) groups excluding carboxylic acids is 1. The van der Waals surface area contributed by atoms with E-state index < -0.39 is 6.10 Å². The molecular weight excluding hydrogens is 304 g/mol. The van der Waals surface area contributed by atoms with Gasteiger partial charge in [0.05, 0.1) is 5.56 Å². The van der Waals surface area contributed by atoms with E-state index >= 15 is 0 Å². The normalized spacial score (nSPS) is 17.5. The Morgan fingerprint density at radius 3 is 2.62 bits per heavy atom. The Balaban J connectivity index is 1.94. The molecule has 0 bridgehead atoms. The summed E-state index contributed by atoms with van der Waals surface area (Å²) in [5.41, 5.74) is 1.52. The number of rotatable bonds is 7. The lowest BCUT2D eigenvalue weighted by Gasteiger charge is -2.31. The molecule has 24 heavy (non-hydrogen) atoms. The number of anilines is 1. The molecule has 1 heterocycles. The van der Waals surface area contributed by atoms with Crippen molar-refractivity contribution in [1.82, 2.24) is 4.90 Å². The van der Waals surface area contributed by atoms with Crippen LogP contribution in [0, 0.1) is 5.92 Å². The molecule has 1 aliphatic heterocycles. The fraction of sp³-hybridized carbons (Fsp3) is 0.632. The van der Waals surface area contributed by atoms with Gasteiger partial charge < -0.3 is 19.6 Å². The number of piperidine rings is 1. The van der Waals surface area contributed by atoms with Crippen LogP contribution in [0.3, 0.4) is 0 Å². The lowest BCUT2D eigenvalue weighted by atomic mass is 9.99. The summed E-state index contributed by atoms with van der Waals surface area (Å²) >= 11 is 0. The zero-order valence-corrected chi connectivity index (χ0v) is 15.3. The number of hydrogen-bond acceptors (Lipinski definition) is 5. The average Bonchev–Trinajstić information content (AvgIpc) is 2.54. The van der Waals surface area contributed by atoms with Crippen molar-refractivity contribution in [3.63, 3.8) is 0 Å². The third-order valence-corrected chi connectivity index (χ3v) is 4.64. The van der Waals surface area contributed by atoms with Crippen molar-refractivity contribution in [2.45, 2.75) is 32.8 Å². The Hall–Kier alpha value is -1.59. The van der Waals surface area contributed by atoms with E-state index in [4.69, 9.17) is 4.74 Å². The molecule has 0 unspecified atom stereocenters. The molecule has 0 saturated carbocycles. The minimum atomic E-state index is -0.554. The molecule has 0 aromatic heterocycles. The fourth-order valence-electron chi connectivity index (χ4n) is 2.98. The molecule has 5 nitrogen and oxygen atoms in total. The van der Waals surface area contributed by atoms with Crippen molar-refractivity contribution in [2.24, 2.45) is 5.92 Å². The molecule has 2 rings (SSSR count). The zero-order valence-electron chi connectivity index (χ0n) is 15.3. The van der Waals surface area contributed by atoms with Crippen LogP contribution in [-0.2, 0) is 0 Å². The van der Waals surface area contributed by atoms with Crippen molar-refractivity contribution in [3.8, 4) is 5.75 Å². The number of hydrogen-bond donors (Lipinski definition) is 1. The number of aliphatic hydroxyl groups is 1. The van der Waals surface area contributed by atoms with Crippen molar-refractivity contribution in [2.75, 3.05) is 45.2 Å². The van der Waals surface area contributed by atoms with Crippen molar-refractivity contribution in [1.29, 1.82) is 0 Å². The second kappa shape index (κ2) is 8.49. The van der Waals surface area contributed by atoms with Crippen LogP contribution in [0.4, 0.5) is 5.69 Å². The van der Waals surface area contributed by atoms with Crippen LogP contribution in [-0.4, -0.2) is 62.2 Å². The van der Waals surface area contributed by atoms with Crippen LogP contribution in [0.25, 0.3) is 0 Å². The van der Waals surface area contributed by atoms with E-state index in [2.05, 4.69) is 11.8 Å². The minimum Gasteiger partial charge on any atom is -0.490 e. The Labute approximate surface area is 145 Å². The number of aliphatic hydroxyl groups excluding tert-OH is 1. The molecule has 0 aliphatic carbocycles. The number of ether oxygens (including phenoxy) is 1. The number of nitrogens with zero attached hydrogens (tertiary/aromatic N) is 2. The van der Waals surface area contributed by atoms with Crippen LogP contribution in [0.1, 0.15) is 37.0 Å². The summed E-state index contributed by atoms with van der Waals surface area (Å²) in [7, 11) is 3.89. The summed E-state index contributed by atoms with van der Waals surface area (Å²) in [4.78, 5) is 16.0. The highest BCUT2D eigenvalue weighted by Crippen LogP contribution is 2.25. The van der Waals surface area contributed by atoms with Gasteiger partial charge in [-0.2, -0.15) is 0 Å². The summed E-state index contributed by atoms with van der Waals surface area (Å²) in [6.45, 7) is 6.69. The van der Waals surface area contributed by atoms with Gasteiger partial charge in [-0.15, -0.1) is 0 Å². The van der Waals surface area contributed by atoms with E-state index in [0.29, 0.717) is 17.9 Å². The highest BCUT2D eigenvalue weighted by Gasteiger charge is 2.19. The van der Waals surface area contributed by atoms with Gasteiger partial charge in [-0.05, 0) is 50.9 Å². The largest absolute Gasteiger partial charge is 0.490 e. The maximum Gasteiger partial charge on any atom is 0.163 e. The maximum atomic E-state index is 11.8. The molecule has 5 heteroatoms. The smallest absolute Gasteiger partial charge is 0.163 e. The third-order valence-electron chi connectivity index (χ3n) is 4.64. The standard InChI is InChI=1S/C19H30N2O3/c1-14-7-9-21(10-8-14)12-17(23)13-24-19-11-16(20(3)4)5-6-18(19)15(2)22/h5-6,11,14,17,23H,7-10,12-13H2,1-4H3/t17-/m0/s1. The van der Waals surface area contributed by atoms with E-state index in [9.17, 15) is 9.90 Å². The first kappa shape index (κ1) is 18.7. The number of carbonyl (C=O) groups is 1. The SMILES string of the molecule is CC(=O)c1ccc(N(C)C)cc1OC[C@@H](O)CN1CCC(C)CC1. The van der Waals surface area contributed by atoms with Crippen LogP contribution in [0.2, 0.25) is 0 Å². The topological polar surface area (TPSA) is 53.0 Å². The van der Waals surface area contributed by atoms with Crippen molar-refractivity contribution < 1.29 is 14.6 Å². The first-order valence-corrected chi connectivity index (χ1v) is 8.72. The second-order valence-corrected chi connectivity index (χ2v) is 7.08. The summed E-state index contributed by atoms with van der Waals surface area (Å²) in [6.07, 6.45) is 1.82. The molecule has 1 saturated heterocycles. The minimum absolute atomic E-state index is 0.0326. The summed E-state index contributed by atoms with van der Waals surface area (Å²) < 4.78 is 5.79. The van der Waals surface area contributed by atoms with Crippen molar-refractivity contribution in [3.05, 3.63) is 23.8 Å². The molecule has 1 aromatic carbocycles. The maximum absolute atomic E-state index is 11.8. The highest BCUT2D eigenvalue weighted by molar-refractivity contribution is 5.97. The van der Waals surface area contributed by atoms with Crippen molar-refractivity contribution >= 4 is 11.5 Å². The molecule has 1 N–H and O–H groups in total.